The Hall–Kier alpha value is -0.830. The van der Waals surface area contributed by atoms with E-state index >= 15 is 0 Å². The molecule has 0 bridgehead atoms. The molecule has 2 rings (SSSR count). The zero-order chi connectivity index (χ0) is 11.0. The Labute approximate surface area is 91.7 Å². The van der Waals surface area contributed by atoms with Gasteiger partial charge in [-0.25, -0.2) is 4.98 Å². The van der Waals surface area contributed by atoms with Gasteiger partial charge in [0, 0.05) is 30.4 Å². The first-order chi connectivity index (χ1) is 7.15. The van der Waals surface area contributed by atoms with Crippen molar-refractivity contribution < 1.29 is 0 Å². The van der Waals surface area contributed by atoms with E-state index in [9.17, 15) is 0 Å². The number of hydrogen-bond donors (Lipinski definition) is 1. The van der Waals surface area contributed by atoms with Gasteiger partial charge in [-0.1, -0.05) is 20.8 Å². The summed E-state index contributed by atoms with van der Waals surface area (Å²) in [7, 11) is 0. The van der Waals surface area contributed by atoms with Gasteiger partial charge in [-0.2, -0.15) is 0 Å². The van der Waals surface area contributed by atoms with Gasteiger partial charge in [-0.15, -0.1) is 0 Å². The molecule has 0 radical (unpaired) electrons. The highest BCUT2D eigenvalue weighted by atomic mass is 15.1. The molecule has 1 fully saturated rings. The predicted octanol–water partition coefficient (Wildman–Crippen LogP) is 2.16. The average molecular weight is 207 g/mol. The van der Waals surface area contributed by atoms with E-state index in [1.807, 2.05) is 12.5 Å². The lowest BCUT2D eigenvalue weighted by Gasteiger charge is -2.20. The molecule has 0 aromatic carbocycles. The molecule has 1 saturated carbocycles. The van der Waals surface area contributed by atoms with Crippen molar-refractivity contribution >= 4 is 0 Å². The quantitative estimate of drug-likeness (QED) is 0.822. The Bertz CT molecular complexity index is 329. The monoisotopic (exact) mass is 207 g/mol. The number of imidazole rings is 1. The fraction of sp³-hybridized carbons (Fsp3) is 0.750. The Morgan fingerprint density at radius 2 is 2.27 bits per heavy atom. The van der Waals surface area contributed by atoms with Crippen LogP contribution in [0.15, 0.2) is 12.5 Å². The lowest BCUT2D eigenvalue weighted by Crippen LogP contribution is -2.20. The molecule has 0 saturated heterocycles. The van der Waals surface area contributed by atoms with Gasteiger partial charge in [0.25, 0.3) is 0 Å². The Morgan fingerprint density at radius 3 is 2.73 bits per heavy atom. The first kappa shape index (κ1) is 10.7. The third kappa shape index (κ3) is 1.93. The van der Waals surface area contributed by atoms with Gasteiger partial charge in [-0.3, -0.25) is 0 Å². The van der Waals surface area contributed by atoms with E-state index < -0.39 is 0 Å². The van der Waals surface area contributed by atoms with Crippen LogP contribution in [-0.4, -0.2) is 16.1 Å². The second-order valence-electron chi connectivity index (χ2n) is 5.09. The number of hydrogen-bond acceptors (Lipinski definition) is 2. The van der Waals surface area contributed by atoms with E-state index in [1.165, 1.54) is 12.1 Å². The number of rotatable bonds is 4. The van der Waals surface area contributed by atoms with Crippen molar-refractivity contribution in [1.82, 2.24) is 9.55 Å². The predicted molar refractivity (Wildman–Crippen MR) is 61.7 cm³/mol. The average Bonchev–Trinajstić information content (AvgIpc) is 2.73. The van der Waals surface area contributed by atoms with Crippen molar-refractivity contribution in [2.45, 2.75) is 39.2 Å². The normalized spacial score (nSPS) is 27.0. The van der Waals surface area contributed by atoms with Crippen LogP contribution >= 0.6 is 0 Å². The third-order valence-electron chi connectivity index (χ3n) is 3.56. The third-order valence-corrected chi connectivity index (χ3v) is 3.56. The first-order valence-electron chi connectivity index (χ1n) is 5.87. The molecule has 3 heteroatoms. The Balaban J connectivity index is 2.23. The summed E-state index contributed by atoms with van der Waals surface area (Å²) in [5.74, 6) is 1.84. The summed E-state index contributed by atoms with van der Waals surface area (Å²) in [5.41, 5.74) is 7.17. The molecule has 84 valence electrons. The number of nitrogens with two attached hydrogens (primary N) is 1. The van der Waals surface area contributed by atoms with E-state index in [0.717, 1.165) is 5.92 Å². The van der Waals surface area contributed by atoms with Crippen molar-refractivity contribution in [3.05, 3.63) is 18.2 Å². The maximum Gasteiger partial charge on any atom is 0.0950 e. The molecule has 0 spiro atoms. The molecule has 2 N–H and O–H groups in total. The van der Waals surface area contributed by atoms with E-state index in [1.54, 1.807) is 0 Å². The fourth-order valence-electron chi connectivity index (χ4n) is 2.30. The van der Waals surface area contributed by atoms with Crippen LogP contribution in [0.4, 0.5) is 0 Å². The number of nitrogens with zero attached hydrogens (tertiary/aromatic N) is 2. The summed E-state index contributed by atoms with van der Waals surface area (Å²) in [5, 5.41) is 0. The molecule has 3 atom stereocenters. The molecular weight excluding hydrogens is 186 g/mol. The summed E-state index contributed by atoms with van der Waals surface area (Å²) >= 11 is 0. The molecule has 0 amide bonds. The minimum atomic E-state index is 0.445. The first-order valence-corrected chi connectivity index (χ1v) is 5.87. The van der Waals surface area contributed by atoms with Gasteiger partial charge >= 0.3 is 0 Å². The maximum atomic E-state index is 5.85. The van der Waals surface area contributed by atoms with Crippen molar-refractivity contribution in [2.24, 2.45) is 17.6 Å². The zero-order valence-corrected chi connectivity index (χ0v) is 9.85. The highest BCUT2D eigenvalue weighted by Crippen LogP contribution is 2.44. The van der Waals surface area contributed by atoms with Gasteiger partial charge in [-0.05, 0) is 18.3 Å². The summed E-state index contributed by atoms with van der Waals surface area (Å²) < 4.78 is 2.34. The molecule has 1 aromatic heterocycles. The molecule has 0 aliphatic heterocycles. The maximum absolute atomic E-state index is 5.85. The fourth-order valence-corrected chi connectivity index (χ4v) is 2.30. The van der Waals surface area contributed by atoms with Crippen molar-refractivity contribution in [1.29, 1.82) is 0 Å². The SMILES string of the molecule is CC(C)C(CN)c1cncn1C1CC1C. The van der Waals surface area contributed by atoms with Gasteiger partial charge in [0.05, 0.1) is 6.33 Å². The zero-order valence-electron chi connectivity index (χ0n) is 9.85. The lowest BCUT2D eigenvalue weighted by molar-refractivity contribution is 0.470. The van der Waals surface area contributed by atoms with Gasteiger partial charge in [0.15, 0.2) is 0 Å². The summed E-state index contributed by atoms with van der Waals surface area (Å²) in [4.78, 5) is 4.28. The van der Waals surface area contributed by atoms with Crippen LogP contribution in [0.3, 0.4) is 0 Å². The second kappa shape index (κ2) is 3.97. The molecule has 1 heterocycles. The van der Waals surface area contributed by atoms with Gasteiger partial charge in [0.2, 0.25) is 0 Å². The largest absolute Gasteiger partial charge is 0.331 e. The van der Waals surface area contributed by atoms with Gasteiger partial charge in [0.1, 0.15) is 0 Å². The second-order valence-corrected chi connectivity index (χ2v) is 5.09. The van der Waals surface area contributed by atoms with Crippen molar-refractivity contribution in [3.8, 4) is 0 Å². The van der Waals surface area contributed by atoms with Crippen LogP contribution in [-0.2, 0) is 0 Å². The number of aromatic nitrogens is 2. The van der Waals surface area contributed by atoms with Crippen molar-refractivity contribution in [2.75, 3.05) is 6.54 Å². The molecular formula is C12H21N3. The Kier molecular flexibility index (Phi) is 2.83. The van der Waals surface area contributed by atoms with Crippen LogP contribution in [0.25, 0.3) is 0 Å². The smallest absolute Gasteiger partial charge is 0.0950 e. The lowest BCUT2D eigenvalue weighted by atomic mass is 9.93. The molecule has 3 nitrogen and oxygen atoms in total. The van der Waals surface area contributed by atoms with E-state index in [-0.39, 0.29) is 0 Å². The standard InChI is InChI=1S/C12H21N3/c1-8(2)10(5-13)12-6-14-7-15(12)11-4-9(11)3/h6-11H,4-5,13H2,1-3H3. The minimum Gasteiger partial charge on any atom is -0.331 e. The van der Waals surface area contributed by atoms with E-state index in [4.69, 9.17) is 5.73 Å². The highest BCUT2D eigenvalue weighted by Gasteiger charge is 2.36. The summed E-state index contributed by atoms with van der Waals surface area (Å²) in [6.07, 6.45) is 5.25. The topological polar surface area (TPSA) is 43.8 Å². The molecule has 1 aliphatic rings. The summed E-state index contributed by atoms with van der Waals surface area (Å²) in [6, 6.07) is 0.676. The van der Waals surface area contributed by atoms with E-state index in [2.05, 4.69) is 30.3 Å². The Morgan fingerprint density at radius 1 is 1.60 bits per heavy atom. The van der Waals surface area contributed by atoms with Crippen LogP contribution < -0.4 is 5.73 Å². The molecule has 3 unspecified atom stereocenters. The molecule has 15 heavy (non-hydrogen) atoms. The highest BCUT2D eigenvalue weighted by molar-refractivity contribution is 5.12. The van der Waals surface area contributed by atoms with Crippen LogP contribution in [0.2, 0.25) is 0 Å². The van der Waals surface area contributed by atoms with Crippen LogP contribution in [0.1, 0.15) is 44.8 Å². The van der Waals surface area contributed by atoms with Crippen LogP contribution in [0, 0.1) is 11.8 Å². The summed E-state index contributed by atoms with van der Waals surface area (Å²) in [6.45, 7) is 7.46. The molecule has 1 aliphatic carbocycles. The van der Waals surface area contributed by atoms with Crippen LogP contribution in [0.5, 0.6) is 0 Å². The van der Waals surface area contributed by atoms with E-state index in [0.29, 0.717) is 24.4 Å². The minimum absolute atomic E-state index is 0.445. The van der Waals surface area contributed by atoms with Gasteiger partial charge < -0.3 is 10.3 Å². The molecule has 1 aromatic rings. The van der Waals surface area contributed by atoms with Crippen molar-refractivity contribution in [3.63, 3.8) is 0 Å².